The molecule has 0 aliphatic heterocycles. The quantitative estimate of drug-likeness (QED) is 0.285. The summed E-state index contributed by atoms with van der Waals surface area (Å²) in [7, 11) is 0. The summed E-state index contributed by atoms with van der Waals surface area (Å²) in [5, 5.41) is 19.5. The van der Waals surface area contributed by atoms with E-state index in [0.29, 0.717) is 5.56 Å². The van der Waals surface area contributed by atoms with E-state index in [-0.39, 0.29) is 17.1 Å². The second kappa shape index (κ2) is 2.69. The van der Waals surface area contributed by atoms with Crippen LogP contribution in [0, 0.1) is 17.0 Å². The number of benzene rings is 1. The first-order valence-electron chi connectivity index (χ1n) is 3.26. The van der Waals surface area contributed by atoms with E-state index < -0.39 is 4.92 Å². The topological polar surface area (TPSA) is 89.4 Å². The van der Waals surface area contributed by atoms with Gasteiger partial charge in [-0.15, -0.1) is 0 Å². The van der Waals surface area contributed by atoms with E-state index in [1.165, 1.54) is 6.07 Å². The van der Waals surface area contributed by atoms with Crippen LogP contribution in [0.15, 0.2) is 12.1 Å². The van der Waals surface area contributed by atoms with Crippen molar-refractivity contribution in [2.45, 2.75) is 6.92 Å². The number of nitrogens with zero attached hydrogens (tertiary/aromatic N) is 1. The summed E-state index contributed by atoms with van der Waals surface area (Å²) in [6.45, 7) is 1.55. The van der Waals surface area contributed by atoms with Crippen molar-refractivity contribution in [1.29, 1.82) is 0 Å². The Bertz CT molecular complexity index is 336. The Kier molecular flexibility index (Phi) is 1.86. The lowest BCUT2D eigenvalue weighted by molar-refractivity contribution is -0.385. The second-order valence-electron chi connectivity index (χ2n) is 2.46. The first-order valence-corrected chi connectivity index (χ1v) is 3.26. The molecule has 1 rings (SSSR count). The van der Waals surface area contributed by atoms with Gasteiger partial charge in [0.1, 0.15) is 0 Å². The number of nitro groups is 1. The van der Waals surface area contributed by atoms with Crippen LogP contribution in [0.2, 0.25) is 0 Å². The van der Waals surface area contributed by atoms with Crippen molar-refractivity contribution in [2.75, 3.05) is 5.73 Å². The van der Waals surface area contributed by atoms with Crippen LogP contribution in [0.25, 0.3) is 0 Å². The molecule has 5 heteroatoms. The zero-order chi connectivity index (χ0) is 9.30. The summed E-state index contributed by atoms with van der Waals surface area (Å²) in [4.78, 5) is 9.65. The summed E-state index contributed by atoms with van der Waals surface area (Å²) < 4.78 is 0. The number of phenols is 1. The van der Waals surface area contributed by atoms with Crippen LogP contribution in [0.5, 0.6) is 5.75 Å². The van der Waals surface area contributed by atoms with Gasteiger partial charge in [0.2, 0.25) is 0 Å². The number of nitro benzene ring substituents is 1. The number of rotatable bonds is 1. The van der Waals surface area contributed by atoms with Crippen LogP contribution >= 0.6 is 0 Å². The molecule has 3 N–H and O–H groups in total. The number of anilines is 1. The smallest absolute Gasteiger partial charge is 0.313 e. The number of nitrogen functional groups attached to an aromatic ring is 1. The predicted molar refractivity (Wildman–Crippen MR) is 43.9 cm³/mol. The average molecular weight is 168 g/mol. The maximum absolute atomic E-state index is 10.3. The van der Waals surface area contributed by atoms with Crippen LogP contribution in [-0.4, -0.2) is 10.0 Å². The van der Waals surface area contributed by atoms with Gasteiger partial charge in [-0.1, -0.05) is 0 Å². The third-order valence-electron chi connectivity index (χ3n) is 1.50. The fourth-order valence-electron chi connectivity index (χ4n) is 0.927. The highest BCUT2D eigenvalue weighted by Gasteiger charge is 2.15. The Hall–Kier alpha value is -1.78. The molecule has 0 saturated carbocycles. The highest BCUT2D eigenvalue weighted by Crippen LogP contribution is 2.31. The van der Waals surface area contributed by atoms with E-state index in [0.717, 1.165) is 6.07 Å². The van der Waals surface area contributed by atoms with Gasteiger partial charge in [-0.05, 0) is 13.0 Å². The normalized spacial score (nSPS) is 9.75. The first-order chi connectivity index (χ1) is 5.52. The molecule has 5 nitrogen and oxygen atoms in total. The average Bonchev–Trinajstić information content (AvgIpc) is 1.96. The Morgan fingerprint density at radius 2 is 2.17 bits per heavy atom. The molecule has 0 heterocycles. The van der Waals surface area contributed by atoms with Gasteiger partial charge in [0.15, 0.2) is 5.75 Å². The minimum absolute atomic E-state index is 0.275. The molecular formula is C7H8N2O3. The van der Waals surface area contributed by atoms with Gasteiger partial charge in [0.25, 0.3) is 0 Å². The van der Waals surface area contributed by atoms with Crippen LogP contribution in [0.4, 0.5) is 11.4 Å². The van der Waals surface area contributed by atoms with Crippen molar-refractivity contribution in [3.8, 4) is 5.75 Å². The molecule has 0 bridgehead atoms. The maximum atomic E-state index is 10.3. The molecule has 0 radical (unpaired) electrons. The van der Waals surface area contributed by atoms with E-state index in [1.807, 2.05) is 0 Å². The molecule has 0 amide bonds. The number of phenolic OH excluding ortho intramolecular Hbond substituents is 1. The van der Waals surface area contributed by atoms with Gasteiger partial charge in [-0.3, -0.25) is 10.1 Å². The molecule has 0 aliphatic rings. The highest BCUT2D eigenvalue weighted by molar-refractivity contribution is 5.59. The third-order valence-corrected chi connectivity index (χ3v) is 1.50. The van der Waals surface area contributed by atoms with Gasteiger partial charge in [0, 0.05) is 17.3 Å². The van der Waals surface area contributed by atoms with Crippen LogP contribution in [0.3, 0.4) is 0 Å². The van der Waals surface area contributed by atoms with Gasteiger partial charge in [0.05, 0.1) is 4.92 Å². The third kappa shape index (κ3) is 1.29. The molecule has 0 fully saturated rings. The minimum Gasteiger partial charge on any atom is -0.502 e. The maximum Gasteiger partial charge on any atom is 0.313 e. The predicted octanol–water partition coefficient (Wildman–Crippen LogP) is 1.19. The lowest BCUT2D eigenvalue weighted by Gasteiger charge is -2.00. The zero-order valence-electron chi connectivity index (χ0n) is 6.44. The van der Waals surface area contributed by atoms with E-state index in [4.69, 9.17) is 5.73 Å². The number of aromatic hydroxyl groups is 1. The van der Waals surface area contributed by atoms with Gasteiger partial charge >= 0.3 is 5.69 Å². The molecule has 12 heavy (non-hydrogen) atoms. The molecule has 0 saturated heterocycles. The lowest BCUT2D eigenvalue weighted by atomic mass is 10.2. The zero-order valence-corrected chi connectivity index (χ0v) is 6.44. The molecule has 0 aromatic heterocycles. The van der Waals surface area contributed by atoms with Crippen molar-refractivity contribution >= 4 is 11.4 Å². The minimum atomic E-state index is -0.668. The number of aryl methyl sites for hydroxylation is 1. The molecule has 1 aromatic rings. The van der Waals surface area contributed by atoms with E-state index >= 15 is 0 Å². The molecule has 0 spiro atoms. The SMILES string of the molecule is Cc1cc(N)cc([N+](=O)[O-])c1O. The lowest BCUT2D eigenvalue weighted by Crippen LogP contribution is -1.93. The molecular weight excluding hydrogens is 160 g/mol. The van der Waals surface area contributed by atoms with Gasteiger partial charge < -0.3 is 10.8 Å². The largest absolute Gasteiger partial charge is 0.502 e. The van der Waals surface area contributed by atoms with Gasteiger partial charge in [-0.25, -0.2) is 0 Å². The van der Waals surface area contributed by atoms with Crippen LogP contribution in [0.1, 0.15) is 5.56 Å². The van der Waals surface area contributed by atoms with Gasteiger partial charge in [-0.2, -0.15) is 0 Å². The summed E-state index contributed by atoms with van der Waals surface area (Å²) in [6.07, 6.45) is 0. The first kappa shape index (κ1) is 8.32. The number of hydrogen-bond donors (Lipinski definition) is 2. The molecule has 1 aromatic carbocycles. The monoisotopic (exact) mass is 168 g/mol. The van der Waals surface area contributed by atoms with E-state index in [1.54, 1.807) is 6.92 Å². The number of hydrogen-bond acceptors (Lipinski definition) is 4. The summed E-state index contributed by atoms with van der Waals surface area (Å²) >= 11 is 0. The molecule has 0 aliphatic carbocycles. The summed E-state index contributed by atoms with van der Waals surface area (Å²) in [6, 6.07) is 2.60. The van der Waals surface area contributed by atoms with Crippen molar-refractivity contribution in [3.63, 3.8) is 0 Å². The molecule has 0 unspecified atom stereocenters. The highest BCUT2D eigenvalue weighted by atomic mass is 16.6. The Morgan fingerprint density at radius 1 is 1.58 bits per heavy atom. The summed E-state index contributed by atoms with van der Waals surface area (Å²) in [5.41, 5.74) is 5.68. The van der Waals surface area contributed by atoms with Crippen LogP contribution < -0.4 is 5.73 Å². The van der Waals surface area contributed by atoms with Crippen molar-refractivity contribution in [3.05, 3.63) is 27.8 Å². The Labute approximate surface area is 68.6 Å². The second-order valence-corrected chi connectivity index (χ2v) is 2.46. The van der Waals surface area contributed by atoms with Crippen molar-refractivity contribution < 1.29 is 10.0 Å². The van der Waals surface area contributed by atoms with Crippen molar-refractivity contribution in [1.82, 2.24) is 0 Å². The number of nitrogens with two attached hydrogens (primary N) is 1. The molecule has 64 valence electrons. The van der Waals surface area contributed by atoms with E-state index in [2.05, 4.69) is 0 Å². The standard InChI is InChI=1S/C7H8N2O3/c1-4-2-5(8)3-6(7(4)10)9(11)12/h2-3,10H,8H2,1H3. The van der Waals surface area contributed by atoms with E-state index in [9.17, 15) is 15.2 Å². The fraction of sp³-hybridized carbons (Fsp3) is 0.143. The fourth-order valence-corrected chi connectivity index (χ4v) is 0.927. The Balaban J connectivity index is 3.37. The summed E-state index contributed by atoms with van der Waals surface area (Å²) in [5.74, 6) is -0.325. The molecule has 0 atom stereocenters. The Morgan fingerprint density at radius 3 is 2.67 bits per heavy atom. The van der Waals surface area contributed by atoms with Crippen LogP contribution in [-0.2, 0) is 0 Å². The van der Waals surface area contributed by atoms with Crippen molar-refractivity contribution in [2.24, 2.45) is 0 Å².